The summed E-state index contributed by atoms with van der Waals surface area (Å²) in [4.78, 5) is 35.8. The van der Waals surface area contributed by atoms with E-state index in [1.54, 1.807) is 13.0 Å². The van der Waals surface area contributed by atoms with Crippen LogP contribution in [-0.4, -0.2) is 71.9 Å². The van der Waals surface area contributed by atoms with Gasteiger partial charge in [-0.2, -0.15) is 0 Å². The molecule has 1 fully saturated rings. The zero-order valence-corrected chi connectivity index (χ0v) is 18.7. The van der Waals surface area contributed by atoms with Gasteiger partial charge < -0.3 is 29.5 Å². The maximum absolute atomic E-state index is 12.6. The molecule has 1 saturated carbocycles. The first-order valence-electron chi connectivity index (χ1n) is 9.93. The van der Waals surface area contributed by atoms with E-state index >= 15 is 0 Å². The van der Waals surface area contributed by atoms with E-state index in [1.165, 1.54) is 0 Å². The number of rotatable bonds is 10. The van der Waals surface area contributed by atoms with Gasteiger partial charge in [-0.15, -0.1) is 6.58 Å². The largest absolute Gasteiger partial charge is 0.466 e. The summed E-state index contributed by atoms with van der Waals surface area (Å²) >= 11 is 0. The number of hydrogen-bond acceptors (Lipinski definition) is 9. The number of carbonyl (C=O) groups is 3. The highest BCUT2D eigenvalue weighted by Gasteiger charge is 2.53. The van der Waals surface area contributed by atoms with Gasteiger partial charge in [0.1, 0.15) is 18.8 Å². The fourth-order valence-corrected chi connectivity index (χ4v) is 3.98. The number of carbonyl (C=O) groups excluding carboxylic acids is 3. The van der Waals surface area contributed by atoms with Crippen LogP contribution in [0.5, 0.6) is 0 Å². The Hall–Kier alpha value is -2.75. The molecular formula is C23H32O9. The van der Waals surface area contributed by atoms with Crippen molar-refractivity contribution in [1.82, 2.24) is 0 Å². The molecule has 3 N–H and O–H groups in total. The smallest absolute Gasteiger partial charge is 0.336 e. The summed E-state index contributed by atoms with van der Waals surface area (Å²) < 4.78 is 14.9. The van der Waals surface area contributed by atoms with Crippen LogP contribution in [0.3, 0.4) is 0 Å². The summed E-state index contributed by atoms with van der Waals surface area (Å²) in [6, 6.07) is 0. The summed E-state index contributed by atoms with van der Waals surface area (Å²) in [6.07, 6.45) is -2.25. The molecule has 6 atom stereocenters. The molecule has 1 rings (SSSR count). The number of esters is 3. The zero-order valence-electron chi connectivity index (χ0n) is 18.7. The lowest BCUT2D eigenvalue weighted by Crippen LogP contribution is -2.54. The molecule has 0 bridgehead atoms. The molecule has 0 heterocycles. The third kappa shape index (κ3) is 5.93. The highest BCUT2D eigenvalue weighted by atomic mass is 16.6. The summed E-state index contributed by atoms with van der Waals surface area (Å²) in [5, 5.41) is 30.8. The summed E-state index contributed by atoms with van der Waals surface area (Å²) in [7, 11) is 1.15. The Morgan fingerprint density at radius 3 is 2.28 bits per heavy atom. The second kappa shape index (κ2) is 11.2. The lowest BCUT2D eigenvalue weighted by molar-refractivity contribution is -0.163. The molecule has 0 aliphatic heterocycles. The normalized spacial score (nSPS) is 28.1. The van der Waals surface area contributed by atoms with Crippen LogP contribution in [0.2, 0.25) is 0 Å². The molecule has 0 radical (unpaired) electrons. The highest BCUT2D eigenvalue weighted by molar-refractivity contribution is 5.90. The minimum Gasteiger partial charge on any atom is -0.466 e. The zero-order chi connectivity index (χ0) is 24.8. The third-order valence-corrected chi connectivity index (χ3v) is 5.79. The van der Waals surface area contributed by atoms with Crippen molar-refractivity contribution in [3.63, 3.8) is 0 Å². The van der Waals surface area contributed by atoms with E-state index < -0.39 is 66.7 Å². The van der Waals surface area contributed by atoms with Crippen LogP contribution in [0.25, 0.3) is 0 Å². The van der Waals surface area contributed by atoms with Gasteiger partial charge in [-0.05, 0) is 17.4 Å². The summed E-state index contributed by atoms with van der Waals surface area (Å²) in [6.45, 7) is 16.8. The van der Waals surface area contributed by atoms with E-state index in [2.05, 4.69) is 31.1 Å². The fraction of sp³-hybridized carbons (Fsp3) is 0.522. The molecule has 6 unspecified atom stereocenters. The van der Waals surface area contributed by atoms with E-state index in [-0.39, 0.29) is 17.6 Å². The summed E-state index contributed by atoms with van der Waals surface area (Å²) in [5.74, 6) is -4.27. The molecule has 0 aromatic carbocycles. The Morgan fingerprint density at radius 2 is 1.81 bits per heavy atom. The number of hydrogen-bond donors (Lipinski definition) is 3. The van der Waals surface area contributed by atoms with Gasteiger partial charge in [-0.3, -0.25) is 4.79 Å². The van der Waals surface area contributed by atoms with Gasteiger partial charge in [0.15, 0.2) is 0 Å². The van der Waals surface area contributed by atoms with E-state index in [0.717, 1.165) is 14.0 Å². The molecule has 9 heteroatoms. The average molecular weight is 453 g/mol. The molecule has 0 aromatic rings. The quantitative estimate of drug-likeness (QED) is 0.190. The fourth-order valence-electron chi connectivity index (χ4n) is 3.98. The third-order valence-electron chi connectivity index (χ3n) is 5.79. The number of aliphatic hydroxyl groups excluding tert-OH is 3. The van der Waals surface area contributed by atoms with Crippen LogP contribution in [0, 0.1) is 17.3 Å². The topological polar surface area (TPSA) is 140 Å². The minimum absolute atomic E-state index is 0.0942. The molecule has 1 aliphatic rings. The predicted molar refractivity (Wildman–Crippen MR) is 115 cm³/mol. The second-order valence-corrected chi connectivity index (χ2v) is 8.03. The molecule has 0 aromatic heterocycles. The molecule has 178 valence electrons. The first-order chi connectivity index (χ1) is 14.8. The Balaban J connectivity index is 3.28. The van der Waals surface area contributed by atoms with Crippen LogP contribution in [0.15, 0.2) is 49.1 Å². The van der Waals surface area contributed by atoms with Crippen molar-refractivity contribution in [3.05, 3.63) is 49.1 Å². The number of allylic oxidation sites excluding steroid dienone is 1. The van der Waals surface area contributed by atoms with E-state index in [0.29, 0.717) is 5.57 Å². The molecule has 32 heavy (non-hydrogen) atoms. The number of aliphatic hydroxyl groups is 3. The van der Waals surface area contributed by atoms with Gasteiger partial charge >= 0.3 is 17.9 Å². The van der Waals surface area contributed by atoms with Crippen molar-refractivity contribution >= 4 is 17.9 Å². The maximum atomic E-state index is 12.6. The average Bonchev–Trinajstić information content (AvgIpc) is 2.75. The lowest BCUT2D eigenvalue weighted by Gasteiger charge is -2.50. The first-order valence-corrected chi connectivity index (χ1v) is 9.93. The van der Waals surface area contributed by atoms with Crippen LogP contribution in [-0.2, 0) is 28.6 Å². The molecular weight excluding hydrogens is 420 g/mol. The molecule has 9 nitrogen and oxygen atoms in total. The van der Waals surface area contributed by atoms with Gasteiger partial charge in [-0.1, -0.05) is 32.7 Å². The van der Waals surface area contributed by atoms with Crippen LogP contribution in [0.1, 0.15) is 20.3 Å². The van der Waals surface area contributed by atoms with Crippen molar-refractivity contribution in [1.29, 1.82) is 0 Å². The van der Waals surface area contributed by atoms with Crippen molar-refractivity contribution in [2.75, 3.05) is 20.3 Å². The Bertz CT molecular complexity index is 799. The highest BCUT2D eigenvalue weighted by Crippen LogP contribution is 2.50. The first kappa shape index (κ1) is 27.3. The molecule has 0 saturated heterocycles. The molecule has 1 aliphatic carbocycles. The van der Waals surface area contributed by atoms with Gasteiger partial charge in [-0.25, -0.2) is 9.59 Å². The SMILES string of the molecule is C=CC1(C)CC(OC(=O)C(=C)C(O)COC(C)=O)C(C(=C)C(=O)OC)C(O)C1C(=C)CO. The second-order valence-electron chi connectivity index (χ2n) is 8.03. The number of methoxy groups -OCH3 is 1. The predicted octanol–water partition coefficient (Wildman–Crippen LogP) is 0.845. The lowest BCUT2D eigenvalue weighted by atomic mass is 9.58. The summed E-state index contributed by atoms with van der Waals surface area (Å²) in [5.41, 5.74) is -1.06. The van der Waals surface area contributed by atoms with Crippen molar-refractivity contribution < 1.29 is 43.9 Å². The Morgan fingerprint density at radius 1 is 1.22 bits per heavy atom. The van der Waals surface area contributed by atoms with Crippen LogP contribution in [0.4, 0.5) is 0 Å². The molecule has 0 amide bonds. The number of ether oxygens (including phenoxy) is 3. The van der Waals surface area contributed by atoms with Gasteiger partial charge in [0.2, 0.25) is 0 Å². The maximum Gasteiger partial charge on any atom is 0.336 e. The minimum atomic E-state index is -1.50. The van der Waals surface area contributed by atoms with Gasteiger partial charge in [0, 0.05) is 18.4 Å². The molecule has 0 spiro atoms. The van der Waals surface area contributed by atoms with Crippen molar-refractivity contribution in [2.24, 2.45) is 17.3 Å². The van der Waals surface area contributed by atoms with Crippen LogP contribution >= 0.6 is 0 Å². The Kier molecular flexibility index (Phi) is 9.56. The van der Waals surface area contributed by atoms with Crippen molar-refractivity contribution in [2.45, 2.75) is 38.6 Å². The Labute approximate surface area is 187 Å². The van der Waals surface area contributed by atoms with E-state index in [4.69, 9.17) is 9.47 Å². The van der Waals surface area contributed by atoms with E-state index in [1.807, 2.05) is 0 Å². The van der Waals surface area contributed by atoms with Crippen molar-refractivity contribution in [3.8, 4) is 0 Å². The van der Waals surface area contributed by atoms with E-state index in [9.17, 15) is 29.7 Å². The standard InChI is InChI=1S/C23H32O9/c1-8-23(6)9-17(32-22(29)13(3)16(26)11-31-15(5)25)18(14(4)21(28)30-7)20(27)19(23)12(2)10-24/h8,16-20,24,26-27H,1-4,9-11H2,5-7H3. The van der Waals surface area contributed by atoms with Gasteiger partial charge in [0.25, 0.3) is 0 Å². The monoisotopic (exact) mass is 452 g/mol. The van der Waals surface area contributed by atoms with Crippen LogP contribution < -0.4 is 0 Å². The van der Waals surface area contributed by atoms with Gasteiger partial charge in [0.05, 0.1) is 31.3 Å².